The Morgan fingerprint density at radius 1 is 1.24 bits per heavy atom. The number of nitrogens with zero attached hydrogens (tertiary/aromatic N) is 2. The number of hydrogen-bond acceptors (Lipinski definition) is 4. The second-order valence-corrected chi connectivity index (χ2v) is 5.36. The summed E-state index contributed by atoms with van der Waals surface area (Å²) in [6.45, 7) is 4.99. The zero-order valence-corrected chi connectivity index (χ0v) is 12.2. The summed E-state index contributed by atoms with van der Waals surface area (Å²) >= 11 is 0. The van der Waals surface area contributed by atoms with Crippen molar-refractivity contribution in [2.45, 2.75) is 26.7 Å². The van der Waals surface area contributed by atoms with Gasteiger partial charge in [-0.05, 0) is 30.0 Å². The molecule has 1 heterocycles. The molecule has 0 aliphatic carbocycles. The Balaban J connectivity index is 2.02. The van der Waals surface area contributed by atoms with Gasteiger partial charge in [-0.1, -0.05) is 26.0 Å². The smallest absolute Gasteiger partial charge is 0.274 e. The summed E-state index contributed by atoms with van der Waals surface area (Å²) in [6.07, 6.45) is 1.32. The van der Waals surface area contributed by atoms with Crippen LogP contribution in [0.1, 0.15) is 31.5 Å². The van der Waals surface area contributed by atoms with Crippen molar-refractivity contribution in [2.75, 3.05) is 11.9 Å². The number of benzene rings is 1. The van der Waals surface area contributed by atoms with Gasteiger partial charge in [0.15, 0.2) is 0 Å². The van der Waals surface area contributed by atoms with Crippen LogP contribution < -0.4 is 10.9 Å². The van der Waals surface area contributed by atoms with Crippen LogP contribution in [0.25, 0.3) is 0 Å². The summed E-state index contributed by atoms with van der Waals surface area (Å²) < 4.78 is 12.8. The van der Waals surface area contributed by atoms with Crippen LogP contribution in [-0.2, 0) is 6.42 Å². The number of nitrogens with one attached hydrogen (secondary N) is 2. The molecule has 6 heteroatoms. The molecular weight excluding hydrogens is 271 g/mol. The lowest BCUT2D eigenvalue weighted by molar-refractivity contribution is 0.605. The summed E-state index contributed by atoms with van der Waals surface area (Å²) in [5.41, 5.74) is 0.856. The number of hydrogen-bond donors (Lipinski definition) is 2. The first kappa shape index (κ1) is 15.2. The van der Waals surface area contributed by atoms with Gasteiger partial charge >= 0.3 is 0 Å². The molecule has 0 unspecified atom stereocenters. The van der Waals surface area contributed by atoms with E-state index in [1.165, 1.54) is 12.1 Å². The number of H-pyrrole nitrogens is 1. The molecule has 0 aliphatic heterocycles. The van der Waals surface area contributed by atoms with E-state index in [0.717, 1.165) is 18.5 Å². The predicted molar refractivity (Wildman–Crippen MR) is 79.8 cm³/mol. The minimum Gasteiger partial charge on any atom is -0.354 e. The van der Waals surface area contributed by atoms with Gasteiger partial charge in [-0.25, -0.2) is 4.39 Å². The molecule has 1 aromatic heterocycles. The monoisotopic (exact) mass is 290 g/mol. The largest absolute Gasteiger partial charge is 0.354 e. The van der Waals surface area contributed by atoms with E-state index in [1.54, 1.807) is 12.1 Å². The highest BCUT2D eigenvalue weighted by Gasteiger charge is 2.06. The molecule has 0 atom stereocenters. The Labute approximate surface area is 122 Å². The van der Waals surface area contributed by atoms with E-state index in [9.17, 15) is 9.18 Å². The molecule has 0 amide bonds. The molecule has 0 radical (unpaired) electrons. The summed E-state index contributed by atoms with van der Waals surface area (Å²) in [6, 6.07) is 5.98. The molecule has 112 valence electrons. The molecule has 0 saturated heterocycles. The lowest BCUT2D eigenvalue weighted by Crippen LogP contribution is -2.20. The maximum absolute atomic E-state index is 12.8. The quantitative estimate of drug-likeness (QED) is 0.856. The van der Waals surface area contributed by atoms with E-state index < -0.39 is 0 Å². The molecule has 0 bridgehead atoms. The minimum atomic E-state index is -0.302. The molecule has 0 spiro atoms. The van der Waals surface area contributed by atoms with Gasteiger partial charge in [0.25, 0.3) is 5.56 Å². The first-order chi connectivity index (χ1) is 10.0. The third-order valence-corrected chi connectivity index (χ3v) is 3.06. The van der Waals surface area contributed by atoms with Crippen molar-refractivity contribution in [3.8, 4) is 0 Å². The van der Waals surface area contributed by atoms with Gasteiger partial charge < -0.3 is 5.32 Å². The maximum Gasteiger partial charge on any atom is 0.274 e. The highest BCUT2D eigenvalue weighted by molar-refractivity contribution is 5.24. The highest BCUT2D eigenvalue weighted by atomic mass is 19.1. The summed E-state index contributed by atoms with van der Waals surface area (Å²) in [7, 11) is 0. The van der Waals surface area contributed by atoms with Gasteiger partial charge in [0.2, 0.25) is 5.95 Å². The van der Waals surface area contributed by atoms with Gasteiger partial charge in [-0.2, -0.15) is 0 Å². The lowest BCUT2D eigenvalue weighted by atomic mass is 10.1. The van der Waals surface area contributed by atoms with Crippen molar-refractivity contribution in [2.24, 2.45) is 5.92 Å². The van der Waals surface area contributed by atoms with Crippen LogP contribution >= 0.6 is 0 Å². The topological polar surface area (TPSA) is 70.7 Å². The van der Waals surface area contributed by atoms with Gasteiger partial charge in [0.05, 0.1) is 0 Å². The molecule has 2 rings (SSSR count). The first-order valence-corrected chi connectivity index (χ1v) is 6.99. The molecule has 0 fully saturated rings. The standard InChI is InChI=1S/C15H19FN4O/c1-10(2)7-8-17-15-18-14(21)13(19-20-15)9-11-3-5-12(16)6-4-11/h3-6,10H,7-9H2,1-2H3,(H2,17,18,20,21). The molecule has 0 saturated carbocycles. The van der Waals surface area contributed by atoms with Gasteiger partial charge in [0.1, 0.15) is 11.5 Å². The molecule has 5 nitrogen and oxygen atoms in total. The lowest BCUT2D eigenvalue weighted by Gasteiger charge is -2.07. The fourth-order valence-corrected chi connectivity index (χ4v) is 1.83. The van der Waals surface area contributed by atoms with Crippen LogP contribution in [-0.4, -0.2) is 21.7 Å². The van der Waals surface area contributed by atoms with Crippen LogP contribution in [0.3, 0.4) is 0 Å². The number of halogens is 1. The van der Waals surface area contributed by atoms with Crippen LogP contribution in [0.15, 0.2) is 29.1 Å². The fraction of sp³-hybridized carbons (Fsp3) is 0.400. The van der Waals surface area contributed by atoms with Gasteiger partial charge in [0, 0.05) is 13.0 Å². The third kappa shape index (κ3) is 4.66. The van der Waals surface area contributed by atoms with Crippen molar-refractivity contribution < 1.29 is 4.39 Å². The van der Waals surface area contributed by atoms with Crippen LogP contribution in [0.2, 0.25) is 0 Å². The van der Waals surface area contributed by atoms with Crippen molar-refractivity contribution in [1.29, 1.82) is 0 Å². The van der Waals surface area contributed by atoms with E-state index >= 15 is 0 Å². The third-order valence-electron chi connectivity index (χ3n) is 3.06. The second kappa shape index (κ2) is 6.97. The highest BCUT2D eigenvalue weighted by Crippen LogP contribution is 2.06. The van der Waals surface area contributed by atoms with Crippen molar-refractivity contribution in [1.82, 2.24) is 15.2 Å². The number of aromatic nitrogens is 3. The normalized spacial score (nSPS) is 10.9. The Hall–Kier alpha value is -2.24. The zero-order chi connectivity index (χ0) is 15.2. The minimum absolute atomic E-state index is 0.277. The second-order valence-electron chi connectivity index (χ2n) is 5.36. The summed E-state index contributed by atoms with van der Waals surface area (Å²) in [4.78, 5) is 14.6. The molecule has 0 aliphatic rings. The number of aromatic amines is 1. The van der Waals surface area contributed by atoms with Crippen LogP contribution in [0.5, 0.6) is 0 Å². The SMILES string of the molecule is CC(C)CCNc1nnc(Cc2ccc(F)cc2)c(=O)[nH]1. The van der Waals surface area contributed by atoms with E-state index in [-0.39, 0.29) is 11.4 Å². The van der Waals surface area contributed by atoms with Crippen LogP contribution in [0, 0.1) is 11.7 Å². The van der Waals surface area contributed by atoms with E-state index in [2.05, 4.69) is 34.3 Å². The van der Waals surface area contributed by atoms with E-state index in [1.807, 2.05) is 0 Å². The molecule has 21 heavy (non-hydrogen) atoms. The Bertz CT molecular complexity index is 637. The Kier molecular flexibility index (Phi) is 5.03. The molecule has 1 aromatic carbocycles. The summed E-state index contributed by atoms with van der Waals surface area (Å²) in [5.74, 6) is 0.655. The summed E-state index contributed by atoms with van der Waals surface area (Å²) in [5, 5.41) is 10.9. The maximum atomic E-state index is 12.8. The number of anilines is 1. The predicted octanol–water partition coefficient (Wildman–Crippen LogP) is 2.35. The Morgan fingerprint density at radius 2 is 1.95 bits per heavy atom. The van der Waals surface area contributed by atoms with E-state index in [0.29, 0.717) is 24.0 Å². The van der Waals surface area contributed by atoms with E-state index in [4.69, 9.17) is 0 Å². The van der Waals surface area contributed by atoms with Gasteiger partial charge in [-0.15, -0.1) is 10.2 Å². The van der Waals surface area contributed by atoms with Crippen molar-refractivity contribution >= 4 is 5.95 Å². The fourth-order valence-electron chi connectivity index (χ4n) is 1.83. The molecular formula is C15H19FN4O. The zero-order valence-electron chi connectivity index (χ0n) is 12.2. The van der Waals surface area contributed by atoms with Crippen LogP contribution in [0.4, 0.5) is 10.3 Å². The first-order valence-electron chi connectivity index (χ1n) is 6.99. The molecule has 2 N–H and O–H groups in total. The van der Waals surface area contributed by atoms with Crippen molar-refractivity contribution in [3.63, 3.8) is 0 Å². The van der Waals surface area contributed by atoms with Gasteiger partial charge in [-0.3, -0.25) is 9.78 Å². The average molecular weight is 290 g/mol. The van der Waals surface area contributed by atoms with Crippen molar-refractivity contribution in [3.05, 3.63) is 51.7 Å². The molecule has 2 aromatic rings. The Morgan fingerprint density at radius 3 is 2.57 bits per heavy atom. The number of rotatable bonds is 6. The average Bonchev–Trinajstić information content (AvgIpc) is 2.44.